The Bertz CT molecular complexity index is 1140. The lowest BCUT2D eigenvalue weighted by Crippen LogP contribution is -2.45. The van der Waals surface area contributed by atoms with E-state index >= 15 is 0 Å². The standard InChI is InChI=1S/C28H32ClFN4O3/c29-22-5-8-25(24(17-22)27(36)32-11-16-33-12-1-2-13-33)37-19-26(35)34-14-9-28(20-31,10-15-34)18-21-3-6-23(30)7-4-21/h3-8,17H,1-2,9-16,18-19H2,(H,32,36). The molecule has 2 aliphatic heterocycles. The van der Waals surface area contributed by atoms with Crippen molar-refractivity contribution < 1.29 is 18.7 Å². The molecule has 4 rings (SSSR count). The Morgan fingerprint density at radius 2 is 1.78 bits per heavy atom. The SMILES string of the molecule is N#CC1(Cc2ccc(F)cc2)CCN(C(=O)COc2ccc(Cl)cc2C(=O)NCCN2CCCC2)CC1. The van der Waals surface area contributed by atoms with Gasteiger partial charge in [0.15, 0.2) is 6.61 Å². The van der Waals surface area contributed by atoms with Gasteiger partial charge in [0.1, 0.15) is 11.6 Å². The van der Waals surface area contributed by atoms with Gasteiger partial charge >= 0.3 is 0 Å². The van der Waals surface area contributed by atoms with Gasteiger partial charge in [0, 0.05) is 31.2 Å². The minimum atomic E-state index is -0.591. The van der Waals surface area contributed by atoms with Crippen molar-refractivity contribution in [2.75, 3.05) is 45.9 Å². The molecule has 7 nitrogen and oxygen atoms in total. The van der Waals surface area contributed by atoms with Crippen LogP contribution >= 0.6 is 11.6 Å². The Morgan fingerprint density at radius 1 is 1.08 bits per heavy atom. The predicted octanol–water partition coefficient (Wildman–Crippen LogP) is 4.06. The highest BCUT2D eigenvalue weighted by Gasteiger charge is 2.36. The zero-order valence-electron chi connectivity index (χ0n) is 20.8. The summed E-state index contributed by atoms with van der Waals surface area (Å²) in [6, 6.07) is 13.4. The van der Waals surface area contributed by atoms with Gasteiger partial charge in [0.05, 0.1) is 17.0 Å². The fourth-order valence-corrected chi connectivity index (χ4v) is 5.14. The number of amides is 2. The van der Waals surface area contributed by atoms with Crippen LogP contribution in [0, 0.1) is 22.6 Å². The Labute approximate surface area is 222 Å². The molecule has 0 radical (unpaired) electrons. The number of nitrogens with zero attached hydrogens (tertiary/aromatic N) is 3. The van der Waals surface area contributed by atoms with Gasteiger partial charge in [0.2, 0.25) is 0 Å². The maximum Gasteiger partial charge on any atom is 0.260 e. The van der Waals surface area contributed by atoms with E-state index in [1.165, 1.54) is 25.0 Å². The molecule has 2 fully saturated rings. The summed E-state index contributed by atoms with van der Waals surface area (Å²) in [7, 11) is 0. The third kappa shape index (κ3) is 7.21. The van der Waals surface area contributed by atoms with Gasteiger partial charge in [-0.3, -0.25) is 9.59 Å². The third-order valence-electron chi connectivity index (χ3n) is 7.22. The first-order valence-electron chi connectivity index (χ1n) is 12.7. The van der Waals surface area contributed by atoms with Crippen LogP contribution in [-0.2, 0) is 11.2 Å². The van der Waals surface area contributed by atoms with Gasteiger partial charge in [-0.2, -0.15) is 5.26 Å². The molecule has 1 N–H and O–H groups in total. The molecule has 2 aliphatic rings. The number of likely N-dealkylation sites (tertiary alicyclic amines) is 2. The number of hydrogen-bond acceptors (Lipinski definition) is 5. The third-order valence-corrected chi connectivity index (χ3v) is 7.45. The maximum absolute atomic E-state index is 13.2. The summed E-state index contributed by atoms with van der Waals surface area (Å²) in [5.41, 5.74) is 0.606. The second-order valence-electron chi connectivity index (χ2n) is 9.81. The van der Waals surface area contributed by atoms with Crippen molar-refractivity contribution in [1.29, 1.82) is 5.26 Å². The van der Waals surface area contributed by atoms with Gasteiger partial charge < -0.3 is 19.9 Å². The van der Waals surface area contributed by atoms with Crippen LogP contribution in [0.2, 0.25) is 5.02 Å². The molecule has 196 valence electrons. The number of benzene rings is 2. The summed E-state index contributed by atoms with van der Waals surface area (Å²) >= 11 is 6.13. The Morgan fingerprint density at radius 3 is 2.46 bits per heavy atom. The maximum atomic E-state index is 13.2. The van der Waals surface area contributed by atoms with E-state index in [1.807, 2.05) is 0 Å². The van der Waals surface area contributed by atoms with Crippen molar-refractivity contribution in [1.82, 2.24) is 15.1 Å². The molecule has 0 unspecified atom stereocenters. The van der Waals surface area contributed by atoms with Gasteiger partial charge in [-0.1, -0.05) is 23.7 Å². The zero-order chi connectivity index (χ0) is 26.3. The summed E-state index contributed by atoms with van der Waals surface area (Å²) in [6.45, 7) is 4.08. The van der Waals surface area contributed by atoms with E-state index < -0.39 is 5.41 Å². The highest BCUT2D eigenvalue weighted by molar-refractivity contribution is 6.31. The van der Waals surface area contributed by atoms with Crippen LogP contribution in [-0.4, -0.2) is 67.5 Å². The van der Waals surface area contributed by atoms with E-state index in [0.29, 0.717) is 55.2 Å². The lowest BCUT2D eigenvalue weighted by Gasteiger charge is -2.37. The van der Waals surface area contributed by atoms with E-state index in [-0.39, 0.29) is 24.2 Å². The summed E-state index contributed by atoms with van der Waals surface area (Å²) in [4.78, 5) is 29.7. The molecule has 9 heteroatoms. The van der Waals surface area contributed by atoms with Crippen molar-refractivity contribution in [2.24, 2.45) is 5.41 Å². The second kappa shape index (κ2) is 12.4. The molecular weight excluding hydrogens is 495 g/mol. The number of carbonyl (C=O) groups excluding carboxylic acids is 2. The van der Waals surface area contributed by atoms with E-state index in [9.17, 15) is 19.2 Å². The zero-order valence-corrected chi connectivity index (χ0v) is 21.6. The molecule has 0 saturated carbocycles. The normalized spacial score (nSPS) is 17.3. The smallest absolute Gasteiger partial charge is 0.260 e. The number of halogens is 2. The van der Waals surface area contributed by atoms with E-state index in [0.717, 1.165) is 25.2 Å². The molecule has 0 bridgehead atoms. The van der Waals surface area contributed by atoms with Crippen molar-refractivity contribution in [3.05, 3.63) is 64.4 Å². The molecule has 2 amide bonds. The molecule has 2 heterocycles. The first-order valence-corrected chi connectivity index (χ1v) is 13.1. The minimum absolute atomic E-state index is 0.205. The Hall–Kier alpha value is -3.15. The quantitative estimate of drug-likeness (QED) is 0.532. The molecule has 37 heavy (non-hydrogen) atoms. The largest absolute Gasteiger partial charge is 0.483 e. The first-order chi connectivity index (χ1) is 17.9. The fourth-order valence-electron chi connectivity index (χ4n) is 4.97. The molecular formula is C28H32ClFN4O3. The Balaban J connectivity index is 1.29. The number of hydrogen-bond donors (Lipinski definition) is 1. The molecule has 0 aromatic heterocycles. The van der Waals surface area contributed by atoms with Crippen molar-refractivity contribution in [2.45, 2.75) is 32.1 Å². The Kier molecular flexibility index (Phi) is 9.01. The number of piperidine rings is 1. The molecule has 2 aromatic rings. The van der Waals surface area contributed by atoms with Crippen LogP contribution in [0.1, 0.15) is 41.6 Å². The van der Waals surface area contributed by atoms with Crippen molar-refractivity contribution in [3.8, 4) is 11.8 Å². The van der Waals surface area contributed by atoms with Crippen LogP contribution in [0.15, 0.2) is 42.5 Å². The second-order valence-corrected chi connectivity index (χ2v) is 10.2. The predicted molar refractivity (Wildman–Crippen MR) is 139 cm³/mol. The van der Waals surface area contributed by atoms with Crippen LogP contribution in [0.3, 0.4) is 0 Å². The lowest BCUT2D eigenvalue weighted by molar-refractivity contribution is -0.135. The van der Waals surface area contributed by atoms with Gasteiger partial charge in [-0.15, -0.1) is 0 Å². The molecule has 0 aliphatic carbocycles. The van der Waals surface area contributed by atoms with Crippen molar-refractivity contribution >= 4 is 23.4 Å². The first kappa shape index (κ1) is 26.9. The summed E-state index contributed by atoms with van der Waals surface area (Å²) in [5.74, 6) is -0.500. The van der Waals surface area contributed by atoms with E-state index in [2.05, 4.69) is 16.3 Å². The van der Waals surface area contributed by atoms with Crippen LogP contribution in [0.5, 0.6) is 5.75 Å². The minimum Gasteiger partial charge on any atom is -0.483 e. The molecule has 0 spiro atoms. The lowest BCUT2D eigenvalue weighted by atomic mass is 9.75. The molecule has 0 atom stereocenters. The van der Waals surface area contributed by atoms with Crippen LogP contribution < -0.4 is 10.1 Å². The van der Waals surface area contributed by atoms with Gasteiger partial charge in [-0.05, 0) is 81.1 Å². The molecule has 2 aromatic carbocycles. The number of nitriles is 1. The van der Waals surface area contributed by atoms with Crippen LogP contribution in [0.25, 0.3) is 0 Å². The van der Waals surface area contributed by atoms with E-state index in [1.54, 1.807) is 35.2 Å². The average molecular weight is 527 g/mol. The van der Waals surface area contributed by atoms with Crippen LogP contribution in [0.4, 0.5) is 4.39 Å². The highest BCUT2D eigenvalue weighted by atomic mass is 35.5. The summed E-state index contributed by atoms with van der Waals surface area (Å²) in [5, 5.41) is 13.2. The number of ether oxygens (including phenoxy) is 1. The number of rotatable bonds is 9. The van der Waals surface area contributed by atoms with E-state index in [4.69, 9.17) is 16.3 Å². The average Bonchev–Trinajstić information content (AvgIpc) is 3.43. The number of nitrogens with one attached hydrogen (secondary N) is 1. The van der Waals surface area contributed by atoms with Gasteiger partial charge in [-0.25, -0.2) is 4.39 Å². The molecule has 2 saturated heterocycles. The highest BCUT2D eigenvalue weighted by Crippen LogP contribution is 2.35. The topological polar surface area (TPSA) is 85.7 Å². The van der Waals surface area contributed by atoms with Crippen molar-refractivity contribution in [3.63, 3.8) is 0 Å². The summed E-state index contributed by atoms with van der Waals surface area (Å²) < 4.78 is 19.0. The van der Waals surface area contributed by atoms with Gasteiger partial charge in [0.25, 0.3) is 11.8 Å². The monoisotopic (exact) mass is 526 g/mol. The number of carbonyl (C=O) groups is 2. The summed E-state index contributed by atoms with van der Waals surface area (Å²) in [6.07, 6.45) is 3.95. The fraction of sp³-hybridized carbons (Fsp3) is 0.464.